The topological polar surface area (TPSA) is 64.6 Å². The van der Waals surface area contributed by atoms with Crippen molar-refractivity contribution in [1.29, 1.82) is 0 Å². The summed E-state index contributed by atoms with van der Waals surface area (Å²) >= 11 is 0. The molecule has 2 unspecified atom stereocenters. The predicted molar refractivity (Wildman–Crippen MR) is 79.1 cm³/mol. The zero-order valence-electron chi connectivity index (χ0n) is 13.0. The Bertz CT molecular complexity index is 670. The molecule has 0 saturated heterocycles. The molecule has 2 atom stereocenters. The molecular weight excluding hydrogens is 327 g/mol. The molecular formula is C16H16F3NO4. The molecule has 0 amide bonds. The second-order valence-electron chi connectivity index (χ2n) is 5.45. The Labute approximate surface area is 136 Å². The molecule has 1 N–H and O–H groups in total. The number of benzene rings is 1. The molecule has 0 aliphatic heterocycles. The van der Waals surface area contributed by atoms with E-state index in [1.165, 1.54) is 31.4 Å². The Morgan fingerprint density at radius 2 is 2.04 bits per heavy atom. The molecule has 0 aromatic heterocycles. The van der Waals surface area contributed by atoms with Crippen molar-refractivity contribution >= 4 is 17.4 Å². The maximum absolute atomic E-state index is 12.2. The molecule has 24 heavy (non-hydrogen) atoms. The van der Waals surface area contributed by atoms with Crippen LogP contribution in [0, 0.1) is 11.8 Å². The molecule has 1 aliphatic rings. The van der Waals surface area contributed by atoms with Gasteiger partial charge < -0.3 is 14.8 Å². The lowest BCUT2D eigenvalue weighted by Crippen LogP contribution is -2.34. The summed E-state index contributed by atoms with van der Waals surface area (Å²) < 4.78 is 45.2. The number of allylic oxidation sites excluding steroid dienone is 2. The van der Waals surface area contributed by atoms with Crippen molar-refractivity contribution in [3.05, 3.63) is 36.0 Å². The highest BCUT2D eigenvalue weighted by molar-refractivity contribution is 6.06. The fourth-order valence-electron chi connectivity index (χ4n) is 2.58. The maximum Gasteiger partial charge on any atom is 0.573 e. The SMILES string of the molecule is COC(=O)C1C(=O)C=C(Nc2cccc(OC(F)(F)F)c2)CC1C. The summed E-state index contributed by atoms with van der Waals surface area (Å²) in [6.07, 6.45) is -3.12. The van der Waals surface area contributed by atoms with Gasteiger partial charge in [0.25, 0.3) is 0 Å². The lowest BCUT2D eigenvalue weighted by atomic mass is 9.82. The smallest absolute Gasteiger partial charge is 0.468 e. The van der Waals surface area contributed by atoms with Crippen LogP contribution in [0.5, 0.6) is 5.75 Å². The van der Waals surface area contributed by atoms with Gasteiger partial charge in [-0.15, -0.1) is 13.2 Å². The minimum atomic E-state index is -4.78. The number of ether oxygens (including phenoxy) is 2. The van der Waals surface area contributed by atoms with Crippen LogP contribution < -0.4 is 10.1 Å². The summed E-state index contributed by atoms with van der Waals surface area (Å²) in [5.41, 5.74) is 0.858. The number of halogens is 3. The van der Waals surface area contributed by atoms with Crippen LogP contribution in [-0.4, -0.2) is 25.2 Å². The lowest BCUT2D eigenvalue weighted by Gasteiger charge is -2.26. The van der Waals surface area contributed by atoms with Crippen LogP contribution in [-0.2, 0) is 14.3 Å². The van der Waals surface area contributed by atoms with Gasteiger partial charge in [-0.2, -0.15) is 0 Å². The van der Waals surface area contributed by atoms with Gasteiger partial charge in [-0.25, -0.2) is 0 Å². The van der Waals surface area contributed by atoms with E-state index >= 15 is 0 Å². The molecule has 0 spiro atoms. The first kappa shape index (κ1) is 17.8. The first-order valence-corrected chi connectivity index (χ1v) is 7.14. The predicted octanol–water partition coefficient (Wildman–Crippen LogP) is 3.28. The Morgan fingerprint density at radius 3 is 2.62 bits per heavy atom. The number of methoxy groups -OCH3 is 1. The monoisotopic (exact) mass is 343 g/mol. The average molecular weight is 343 g/mol. The van der Waals surface area contributed by atoms with Crippen LogP contribution in [0.2, 0.25) is 0 Å². The van der Waals surface area contributed by atoms with E-state index in [1.807, 2.05) is 0 Å². The number of ketones is 1. The van der Waals surface area contributed by atoms with Crippen LogP contribution in [0.3, 0.4) is 0 Å². The molecule has 1 aromatic carbocycles. The van der Waals surface area contributed by atoms with Crippen molar-refractivity contribution in [2.75, 3.05) is 12.4 Å². The summed E-state index contributed by atoms with van der Waals surface area (Å²) in [7, 11) is 1.21. The first-order chi connectivity index (χ1) is 11.2. The van der Waals surface area contributed by atoms with Gasteiger partial charge in [0.15, 0.2) is 5.78 Å². The number of carbonyl (C=O) groups is 2. The van der Waals surface area contributed by atoms with E-state index in [2.05, 4.69) is 14.8 Å². The molecule has 8 heteroatoms. The molecule has 130 valence electrons. The Kier molecular flexibility index (Phi) is 5.16. The van der Waals surface area contributed by atoms with E-state index < -0.39 is 24.0 Å². The molecule has 0 heterocycles. The third-order valence-corrected chi connectivity index (χ3v) is 3.56. The number of esters is 1. The highest BCUT2D eigenvalue weighted by Gasteiger charge is 2.36. The van der Waals surface area contributed by atoms with Crippen LogP contribution in [0.25, 0.3) is 0 Å². The van der Waals surface area contributed by atoms with Crippen LogP contribution >= 0.6 is 0 Å². The Hall–Kier alpha value is -2.51. The van der Waals surface area contributed by atoms with Crippen molar-refractivity contribution in [3.63, 3.8) is 0 Å². The van der Waals surface area contributed by atoms with Gasteiger partial charge in [-0.1, -0.05) is 13.0 Å². The number of hydrogen-bond donors (Lipinski definition) is 1. The first-order valence-electron chi connectivity index (χ1n) is 7.14. The van der Waals surface area contributed by atoms with Crippen molar-refractivity contribution in [2.24, 2.45) is 11.8 Å². The zero-order chi connectivity index (χ0) is 17.9. The minimum absolute atomic E-state index is 0.285. The Morgan fingerprint density at radius 1 is 1.33 bits per heavy atom. The number of rotatable bonds is 4. The van der Waals surface area contributed by atoms with Gasteiger partial charge in [-0.05, 0) is 24.5 Å². The largest absolute Gasteiger partial charge is 0.573 e. The van der Waals surface area contributed by atoms with E-state index in [-0.39, 0.29) is 11.7 Å². The number of nitrogens with one attached hydrogen (secondary N) is 1. The molecule has 0 saturated carbocycles. The fourth-order valence-corrected chi connectivity index (χ4v) is 2.58. The molecule has 2 rings (SSSR count). The molecule has 0 radical (unpaired) electrons. The summed E-state index contributed by atoms with van der Waals surface area (Å²) in [6, 6.07) is 5.30. The second kappa shape index (κ2) is 6.94. The second-order valence-corrected chi connectivity index (χ2v) is 5.45. The van der Waals surface area contributed by atoms with Gasteiger partial charge >= 0.3 is 12.3 Å². The zero-order valence-corrected chi connectivity index (χ0v) is 13.0. The van der Waals surface area contributed by atoms with Gasteiger partial charge in [0.1, 0.15) is 11.7 Å². The number of carbonyl (C=O) groups excluding carboxylic acids is 2. The molecule has 0 fully saturated rings. The highest BCUT2D eigenvalue weighted by Crippen LogP contribution is 2.30. The molecule has 1 aliphatic carbocycles. The fraction of sp³-hybridized carbons (Fsp3) is 0.375. The van der Waals surface area contributed by atoms with Gasteiger partial charge in [0.2, 0.25) is 0 Å². The minimum Gasteiger partial charge on any atom is -0.468 e. The standard InChI is InChI=1S/C16H16F3NO4/c1-9-6-11(8-13(21)14(9)15(22)23-2)20-10-4-3-5-12(7-10)24-16(17,18)19/h3-5,7-9,14,20H,6H2,1-2H3. The summed E-state index contributed by atoms with van der Waals surface area (Å²) in [5.74, 6) is -2.50. The number of anilines is 1. The van der Waals surface area contributed by atoms with E-state index in [9.17, 15) is 22.8 Å². The number of hydrogen-bond acceptors (Lipinski definition) is 5. The highest BCUT2D eigenvalue weighted by atomic mass is 19.4. The van der Waals surface area contributed by atoms with Gasteiger partial charge in [0, 0.05) is 23.5 Å². The summed E-state index contributed by atoms with van der Waals surface area (Å²) in [4.78, 5) is 23.7. The third kappa shape index (κ3) is 4.50. The average Bonchev–Trinajstić information content (AvgIpc) is 2.44. The van der Waals surface area contributed by atoms with E-state index in [0.717, 1.165) is 0 Å². The summed E-state index contributed by atoms with van der Waals surface area (Å²) in [5, 5.41) is 2.89. The number of alkyl halides is 3. The van der Waals surface area contributed by atoms with Crippen molar-refractivity contribution in [1.82, 2.24) is 0 Å². The van der Waals surface area contributed by atoms with E-state index in [1.54, 1.807) is 13.0 Å². The van der Waals surface area contributed by atoms with E-state index in [4.69, 9.17) is 0 Å². The van der Waals surface area contributed by atoms with E-state index in [0.29, 0.717) is 17.8 Å². The van der Waals surface area contributed by atoms with Crippen molar-refractivity contribution in [2.45, 2.75) is 19.7 Å². The van der Waals surface area contributed by atoms with Crippen molar-refractivity contribution in [3.8, 4) is 5.75 Å². The normalized spacial score (nSPS) is 21.0. The maximum atomic E-state index is 12.2. The van der Waals surface area contributed by atoms with Crippen molar-refractivity contribution < 1.29 is 32.2 Å². The Balaban J connectivity index is 2.13. The quantitative estimate of drug-likeness (QED) is 0.671. The molecule has 0 bridgehead atoms. The van der Waals surface area contributed by atoms with Gasteiger partial charge in [-0.3, -0.25) is 9.59 Å². The third-order valence-electron chi connectivity index (χ3n) is 3.56. The van der Waals surface area contributed by atoms with Crippen LogP contribution in [0.15, 0.2) is 36.0 Å². The molecule has 5 nitrogen and oxygen atoms in total. The van der Waals surface area contributed by atoms with Crippen LogP contribution in [0.1, 0.15) is 13.3 Å². The van der Waals surface area contributed by atoms with Crippen LogP contribution in [0.4, 0.5) is 18.9 Å². The van der Waals surface area contributed by atoms with Gasteiger partial charge in [0.05, 0.1) is 7.11 Å². The molecule has 1 aromatic rings. The lowest BCUT2D eigenvalue weighted by molar-refractivity contribution is -0.274. The summed E-state index contributed by atoms with van der Waals surface area (Å²) in [6.45, 7) is 1.73.